The molecular weight excluding hydrogens is 831 g/mol. The number of aromatic nitrogens is 4. The third-order valence-corrected chi connectivity index (χ3v) is 11.3. The molecule has 18 nitrogen and oxygen atoms in total. The number of carbonyl (C=O) groups is 5. The summed E-state index contributed by atoms with van der Waals surface area (Å²) in [5, 5.41) is 11.9. The van der Waals surface area contributed by atoms with Gasteiger partial charge < -0.3 is 54.2 Å². The molecule has 1 fully saturated rings. The molecule has 3 aromatic heterocycles. The summed E-state index contributed by atoms with van der Waals surface area (Å²) >= 11 is 0. The zero-order valence-corrected chi connectivity index (χ0v) is 37.6. The van der Waals surface area contributed by atoms with Crippen LogP contribution in [0.2, 0.25) is 0 Å². The number of imidazole rings is 1. The Morgan fingerprint density at radius 3 is 2.32 bits per heavy atom. The third-order valence-electron chi connectivity index (χ3n) is 11.3. The summed E-state index contributed by atoms with van der Waals surface area (Å²) in [7, 11) is 6.56. The van der Waals surface area contributed by atoms with Gasteiger partial charge in [-0.05, 0) is 82.0 Å². The van der Waals surface area contributed by atoms with E-state index in [1.54, 1.807) is 76.9 Å². The molecule has 3 aliphatic heterocycles. The number of carbonyl (C=O) groups excluding carboxylic acids is 5. The molecule has 8 rings (SSSR count). The molecule has 6 heterocycles. The van der Waals surface area contributed by atoms with E-state index in [0.717, 1.165) is 28.9 Å². The number of anilines is 5. The molecule has 2 aromatic carbocycles. The maximum atomic E-state index is 13.7. The number of methoxy groups -OCH3 is 1. The molecule has 65 heavy (non-hydrogen) atoms. The highest BCUT2D eigenvalue weighted by Crippen LogP contribution is 2.39. The summed E-state index contributed by atoms with van der Waals surface area (Å²) in [6, 6.07) is 12.4. The lowest BCUT2D eigenvalue weighted by Crippen LogP contribution is -2.35. The van der Waals surface area contributed by atoms with Crippen molar-refractivity contribution in [2.24, 2.45) is 26.1 Å². The quantitative estimate of drug-likeness (QED) is 0.0774. The van der Waals surface area contributed by atoms with E-state index in [2.05, 4.69) is 64.7 Å². The van der Waals surface area contributed by atoms with E-state index in [0.29, 0.717) is 65.7 Å². The molecule has 3 aliphatic rings. The van der Waals surface area contributed by atoms with Gasteiger partial charge in [0.15, 0.2) is 17.3 Å². The minimum atomic E-state index is -0.554. The van der Waals surface area contributed by atoms with Crippen LogP contribution in [0.5, 0.6) is 11.5 Å². The number of aliphatic imine (C=N–C) groups is 1. The van der Waals surface area contributed by atoms with Crippen molar-refractivity contribution < 1.29 is 33.4 Å². The first kappa shape index (κ1) is 44.0. The van der Waals surface area contributed by atoms with E-state index in [1.165, 1.54) is 23.9 Å². The Balaban J connectivity index is 0.826. The van der Waals surface area contributed by atoms with Crippen LogP contribution in [0.3, 0.4) is 0 Å². The van der Waals surface area contributed by atoms with Gasteiger partial charge in [-0.15, -0.1) is 0 Å². The van der Waals surface area contributed by atoms with Crippen molar-refractivity contribution in [2.45, 2.75) is 58.0 Å². The SMILES string of the molecule is C=C1C[C@H]2C=Nc3cc(OCCCC(=O)Nc4cn(C)c(C(=O)Nc5cc(C(=O)Nc6cc(C(=O)N7CCc8cc(NC(C)(C)C)ccc87)n(C)c6)n(C)c5)n4)c(OC)cc3C(=O)N2C1. The Morgan fingerprint density at radius 1 is 0.862 bits per heavy atom. The summed E-state index contributed by atoms with van der Waals surface area (Å²) < 4.78 is 16.2. The summed E-state index contributed by atoms with van der Waals surface area (Å²) in [6.07, 6.45) is 8.44. The second kappa shape index (κ2) is 17.5. The summed E-state index contributed by atoms with van der Waals surface area (Å²) in [6.45, 7) is 11.5. The van der Waals surface area contributed by atoms with E-state index < -0.39 is 11.8 Å². The molecule has 1 atom stereocenters. The fourth-order valence-electron chi connectivity index (χ4n) is 8.31. The number of rotatable bonds is 13. The van der Waals surface area contributed by atoms with Crippen LogP contribution in [0.15, 0.2) is 78.2 Å². The Bertz CT molecular complexity index is 2790. The van der Waals surface area contributed by atoms with Gasteiger partial charge in [-0.1, -0.05) is 12.2 Å². The van der Waals surface area contributed by atoms with Crippen LogP contribution in [-0.2, 0) is 32.4 Å². The molecule has 18 heteroatoms. The number of amides is 5. The standard InChI is InChI=1S/C47H53N11O7/c1-27-16-32-22-48-34-21-39(38(64-8)20-33(34)45(62)58(32)23-27)65-15-9-10-41(59)51-40-26-56(7)42(52-40)44(61)50-30-18-36(54(5)24-30)43(60)49-31-19-37(55(6)25-31)46(63)57-14-13-28-17-29(11-12-35(28)57)53-47(2,3)4/h11-12,17-22,24-26,32,53H,1,9-10,13-16,23H2,2-8H3,(H,49,60)(H,50,61)(H,51,59)/t32-/m0/s1. The molecule has 5 amide bonds. The van der Waals surface area contributed by atoms with Crippen molar-refractivity contribution in [1.82, 2.24) is 23.6 Å². The van der Waals surface area contributed by atoms with Gasteiger partial charge in [0.05, 0.1) is 42.4 Å². The van der Waals surface area contributed by atoms with Crippen LogP contribution in [0.1, 0.15) is 87.6 Å². The number of fused-ring (bicyclic) bond motifs is 3. The van der Waals surface area contributed by atoms with Gasteiger partial charge in [0.25, 0.3) is 23.6 Å². The molecule has 0 bridgehead atoms. The largest absolute Gasteiger partial charge is 0.493 e. The Kier molecular flexibility index (Phi) is 11.8. The number of ether oxygens (including phenoxy) is 2. The molecule has 0 saturated carbocycles. The lowest BCUT2D eigenvalue weighted by atomic mass is 10.1. The summed E-state index contributed by atoms with van der Waals surface area (Å²) in [4.78, 5) is 79.1. The van der Waals surface area contributed by atoms with E-state index in [4.69, 9.17) is 9.47 Å². The maximum absolute atomic E-state index is 13.7. The van der Waals surface area contributed by atoms with E-state index >= 15 is 0 Å². The first-order valence-corrected chi connectivity index (χ1v) is 21.3. The lowest BCUT2D eigenvalue weighted by molar-refractivity contribution is -0.116. The number of aryl methyl sites for hydroxylation is 3. The molecule has 0 radical (unpaired) electrons. The second-order valence-electron chi connectivity index (χ2n) is 17.6. The molecule has 338 valence electrons. The van der Waals surface area contributed by atoms with Crippen molar-refractivity contribution in [3.8, 4) is 11.5 Å². The zero-order chi connectivity index (χ0) is 46.3. The Hall–Kier alpha value is -7.63. The highest BCUT2D eigenvalue weighted by atomic mass is 16.5. The molecule has 1 saturated heterocycles. The lowest BCUT2D eigenvalue weighted by Gasteiger charge is -2.23. The van der Waals surface area contributed by atoms with Gasteiger partial charge in [-0.3, -0.25) is 29.0 Å². The first-order chi connectivity index (χ1) is 30.9. The molecule has 5 aromatic rings. The van der Waals surface area contributed by atoms with Crippen LogP contribution in [-0.4, -0.2) is 97.7 Å². The summed E-state index contributed by atoms with van der Waals surface area (Å²) in [5.41, 5.74) is 6.24. The Labute approximate surface area is 376 Å². The van der Waals surface area contributed by atoms with Gasteiger partial charge in [-0.25, -0.2) is 4.98 Å². The number of nitrogens with zero attached hydrogens (tertiary/aromatic N) is 7. The normalized spacial score (nSPS) is 15.3. The monoisotopic (exact) mass is 883 g/mol. The van der Waals surface area contributed by atoms with Crippen molar-refractivity contribution in [3.63, 3.8) is 0 Å². The van der Waals surface area contributed by atoms with Crippen LogP contribution in [0.25, 0.3) is 0 Å². The number of hydrogen-bond donors (Lipinski definition) is 4. The average Bonchev–Trinajstić information content (AvgIpc) is 4.07. The van der Waals surface area contributed by atoms with Crippen molar-refractivity contribution >= 4 is 70.0 Å². The van der Waals surface area contributed by atoms with Gasteiger partial charge >= 0.3 is 0 Å². The van der Waals surface area contributed by atoms with Crippen LogP contribution in [0.4, 0.5) is 34.3 Å². The van der Waals surface area contributed by atoms with Gasteiger partial charge in [0, 0.05) is 88.4 Å². The van der Waals surface area contributed by atoms with E-state index in [1.807, 2.05) is 12.1 Å². The summed E-state index contributed by atoms with van der Waals surface area (Å²) in [5.74, 6) is -0.632. The predicted molar refractivity (Wildman–Crippen MR) is 248 cm³/mol. The molecule has 0 unspecified atom stereocenters. The fraction of sp³-hybridized carbons (Fsp3) is 0.340. The molecular formula is C47H53N11O7. The molecule has 0 aliphatic carbocycles. The number of benzene rings is 2. The van der Waals surface area contributed by atoms with Crippen LogP contribution in [0, 0.1) is 0 Å². The topological polar surface area (TPSA) is 198 Å². The van der Waals surface area contributed by atoms with Crippen LogP contribution >= 0.6 is 0 Å². The van der Waals surface area contributed by atoms with Gasteiger partial charge in [-0.2, -0.15) is 0 Å². The Morgan fingerprint density at radius 2 is 1.58 bits per heavy atom. The van der Waals surface area contributed by atoms with E-state index in [-0.39, 0.29) is 59.7 Å². The zero-order valence-electron chi connectivity index (χ0n) is 37.6. The highest BCUT2D eigenvalue weighted by Gasteiger charge is 2.34. The maximum Gasteiger partial charge on any atom is 0.291 e. The minimum Gasteiger partial charge on any atom is -0.493 e. The van der Waals surface area contributed by atoms with Crippen molar-refractivity contribution in [1.29, 1.82) is 0 Å². The van der Waals surface area contributed by atoms with Gasteiger partial charge in [0.2, 0.25) is 11.7 Å². The minimum absolute atomic E-state index is 0.0319. The van der Waals surface area contributed by atoms with Crippen molar-refractivity contribution in [3.05, 3.63) is 102 Å². The van der Waals surface area contributed by atoms with Crippen molar-refractivity contribution in [2.75, 3.05) is 53.0 Å². The molecule has 0 spiro atoms. The fourth-order valence-corrected chi connectivity index (χ4v) is 8.31. The first-order valence-electron chi connectivity index (χ1n) is 21.3. The average molecular weight is 884 g/mol. The van der Waals surface area contributed by atoms with Gasteiger partial charge in [0.1, 0.15) is 11.4 Å². The number of hydrogen-bond acceptors (Lipinski definition) is 10. The smallest absolute Gasteiger partial charge is 0.291 e. The third kappa shape index (κ3) is 9.37. The number of nitrogens with one attached hydrogen (secondary N) is 4. The highest BCUT2D eigenvalue weighted by molar-refractivity contribution is 6.09. The second-order valence-corrected chi connectivity index (χ2v) is 17.6. The van der Waals surface area contributed by atoms with Crippen LogP contribution < -0.4 is 35.6 Å². The predicted octanol–water partition coefficient (Wildman–Crippen LogP) is 6.31. The van der Waals surface area contributed by atoms with E-state index in [9.17, 15) is 24.0 Å². The molecule has 4 N–H and O–H groups in total.